The van der Waals surface area contributed by atoms with Gasteiger partial charge in [0, 0.05) is 22.8 Å². The third-order valence-electron chi connectivity index (χ3n) is 3.23. The summed E-state index contributed by atoms with van der Waals surface area (Å²) in [6, 6.07) is 7.63. The second-order valence-corrected chi connectivity index (χ2v) is 6.46. The van der Waals surface area contributed by atoms with Crippen molar-refractivity contribution in [3.8, 4) is 0 Å². The molecule has 2 rings (SSSR count). The molecular formula is C18H24N2O4. The molecule has 1 aromatic heterocycles. The highest BCUT2D eigenvalue weighted by molar-refractivity contribution is 5.86. The van der Waals surface area contributed by atoms with Gasteiger partial charge in [-0.1, -0.05) is 0 Å². The fraction of sp³-hybridized carbons (Fsp3) is 0.444. The summed E-state index contributed by atoms with van der Waals surface area (Å²) in [4.78, 5) is 23.3. The molecule has 1 aromatic carbocycles. The number of nitrogens with one attached hydrogen (secondary N) is 1. The van der Waals surface area contributed by atoms with E-state index in [4.69, 9.17) is 9.47 Å². The van der Waals surface area contributed by atoms with Gasteiger partial charge in [0.1, 0.15) is 18.7 Å². The lowest BCUT2D eigenvalue weighted by Crippen LogP contribution is -2.28. The van der Waals surface area contributed by atoms with Crippen LogP contribution in [-0.2, 0) is 25.6 Å². The van der Waals surface area contributed by atoms with Crippen LogP contribution in [0, 0.1) is 0 Å². The quantitative estimate of drug-likeness (QED) is 0.824. The number of carbonyl (C=O) groups excluding carboxylic acids is 2. The first-order valence-electron chi connectivity index (χ1n) is 7.99. The second kappa shape index (κ2) is 7.38. The molecule has 6 heteroatoms. The molecule has 0 aliphatic rings. The van der Waals surface area contributed by atoms with Crippen molar-refractivity contribution in [1.29, 1.82) is 0 Å². The normalized spacial score (nSPS) is 11.3. The molecule has 0 amide bonds. The Morgan fingerprint density at radius 2 is 1.92 bits per heavy atom. The van der Waals surface area contributed by atoms with Crippen LogP contribution in [-0.4, -0.2) is 35.3 Å². The Bertz CT molecular complexity index is 728. The van der Waals surface area contributed by atoms with E-state index in [9.17, 15) is 9.59 Å². The molecule has 0 aliphatic heterocycles. The van der Waals surface area contributed by atoms with Crippen LogP contribution in [0.1, 0.15) is 27.7 Å². The van der Waals surface area contributed by atoms with E-state index in [1.54, 1.807) is 6.92 Å². The fourth-order valence-corrected chi connectivity index (χ4v) is 2.35. The van der Waals surface area contributed by atoms with E-state index >= 15 is 0 Å². The van der Waals surface area contributed by atoms with Crippen molar-refractivity contribution in [3.63, 3.8) is 0 Å². The maximum Gasteiger partial charge on any atom is 0.325 e. The predicted molar refractivity (Wildman–Crippen MR) is 92.9 cm³/mol. The number of rotatable bonds is 6. The smallest absolute Gasteiger partial charge is 0.325 e. The second-order valence-electron chi connectivity index (χ2n) is 6.46. The highest BCUT2D eigenvalue weighted by atomic mass is 16.6. The summed E-state index contributed by atoms with van der Waals surface area (Å²) in [6.45, 7) is 7.95. The number of nitrogens with zero attached hydrogens (tertiary/aromatic N) is 1. The number of hydrogen-bond donors (Lipinski definition) is 1. The van der Waals surface area contributed by atoms with E-state index in [0.29, 0.717) is 6.61 Å². The largest absolute Gasteiger partial charge is 0.465 e. The van der Waals surface area contributed by atoms with Crippen LogP contribution < -0.4 is 5.32 Å². The Labute approximate surface area is 141 Å². The number of benzene rings is 1. The van der Waals surface area contributed by atoms with Crippen LogP contribution in [0.4, 0.5) is 5.69 Å². The fourth-order valence-electron chi connectivity index (χ4n) is 2.35. The van der Waals surface area contributed by atoms with Crippen molar-refractivity contribution in [1.82, 2.24) is 4.57 Å². The average Bonchev–Trinajstić information content (AvgIpc) is 2.86. The Morgan fingerprint density at radius 3 is 2.58 bits per heavy atom. The molecule has 0 unspecified atom stereocenters. The summed E-state index contributed by atoms with van der Waals surface area (Å²) >= 11 is 0. The van der Waals surface area contributed by atoms with Gasteiger partial charge in [-0.15, -0.1) is 0 Å². The van der Waals surface area contributed by atoms with Crippen molar-refractivity contribution >= 4 is 28.5 Å². The molecule has 0 spiro atoms. The third kappa shape index (κ3) is 5.01. The predicted octanol–water partition coefficient (Wildman–Crippen LogP) is 2.96. The van der Waals surface area contributed by atoms with Crippen LogP contribution in [0.2, 0.25) is 0 Å². The van der Waals surface area contributed by atoms with Gasteiger partial charge < -0.3 is 19.4 Å². The lowest BCUT2D eigenvalue weighted by atomic mass is 10.2. The van der Waals surface area contributed by atoms with Gasteiger partial charge >= 0.3 is 11.9 Å². The minimum atomic E-state index is -0.493. The number of esters is 2. The van der Waals surface area contributed by atoms with Crippen LogP contribution >= 0.6 is 0 Å². The van der Waals surface area contributed by atoms with E-state index in [2.05, 4.69) is 5.32 Å². The summed E-state index contributed by atoms with van der Waals surface area (Å²) in [5.41, 5.74) is 1.26. The van der Waals surface area contributed by atoms with E-state index in [1.165, 1.54) is 0 Å². The highest BCUT2D eigenvalue weighted by Crippen LogP contribution is 2.20. The van der Waals surface area contributed by atoms with Crippen LogP contribution in [0.5, 0.6) is 0 Å². The number of aromatic nitrogens is 1. The van der Waals surface area contributed by atoms with Crippen molar-refractivity contribution in [2.24, 2.45) is 0 Å². The molecule has 24 heavy (non-hydrogen) atoms. The van der Waals surface area contributed by atoms with Gasteiger partial charge in [-0.2, -0.15) is 0 Å². The third-order valence-corrected chi connectivity index (χ3v) is 3.23. The standard InChI is InChI=1S/C18H24N2O4/c1-5-23-17(22)12-20-9-8-13-10-14(6-7-15(13)20)19-11-16(21)24-18(2,3)4/h6-10,19H,5,11-12H2,1-4H3. The summed E-state index contributed by atoms with van der Waals surface area (Å²) in [5.74, 6) is -0.565. The average molecular weight is 332 g/mol. The van der Waals surface area contributed by atoms with Gasteiger partial charge in [-0.25, -0.2) is 0 Å². The molecule has 0 bridgehead atoms. The molecule has 0 radical (unpaired) electrons. The first kappa shape index (κ1) is 17.8. The number of fused-ring (bicyclic) bond motifs is 1. The molecule has 0 aliphatic carbocycles. The zero-order valence-corrected chi connectivity index (χ0v) is 14.6. The number of anilines is 1. The molecule has 0 saturated carbocycles. The molecular weight excluding hydrogens is 308 g/mol. The topological polar surface area (TPSA) is 69.6 Å². The zero-order valence-electron chi connectivity index (χ0n) is 14.6. The maximum absolute atomic E-state index is 11.7. The highest BCUT2D eigenvalue weighted by Gasteiger charge is 2.16. The minimum absolute atomic E-state index is 0.103. The molecule has 130 valence electrons. The van der Waals surface area contributed by atoms with E-state index in [0.717, 1.165) is 16.6 Å². The summed E-state index contributed by atoms with van der Waals surface area (Å²) in [5, 5.41) is 4.03. The van der Waals surface area contributed by atoms with Gasteiger partial charge in [0.15, 0.2) is 0 Å². The van der Waals surface area contributed by atoms with Crippen molar-refractivity contribution in [2.75, 3.05) is 18.5 Å². The first-order valence-corrected chi connectivity index (χ1v) is 7.99. The van der Waals surface area contributed by atoms with E-state index in [-0.39, 0.29) is 25.0 Å². The number of ether oxygens (including phenoxy) is 2. The first-order chi connectivity index (χ1) is 11.3. The van der Waals surface area contributed by atoms with Crippen molar-refractivity contribution in [2.45, 2.75) is 39.8 Å². The van der Waals surface area contributed by atoms with Crippen molar-refractivity contribution in [3.05, 3.63) is 30.5 Å². The number of carbonyl (C=O) groups is 2. The zero-order chi connectivity index (χ0) is 17.7. The lowest BCUT2D eigenvalue weighted by Gasteiger charge is -2.19. The van der Waals surface area contributed by atoms with E-state index in [1.807, 2.05) is 55.8 Å². The van der Waals surface area contributed by atoms with Gasteiger partial charge in [-0.3, -0.25) is 9.59 Å². The van der Waals surface area contributed by atoms with Gasteiger partial charge in [-0.05, 0) is 52.0 Å². The molecule has 0 saturated heterocycles. The van der Waals surface area contributed by atoms with Gasteiger partial charge in [0.25, 0.3) is 0 Å². The maximum atomic E-state index is 11.7. The Kier molecular flexibility index (Phi) is 5.49. The van der Waals surface area contributed by atoms with Crippen LogP contribution in [0.15, 0.2) is 30.5 Å². The SMILES string of the molecule is CCOC(=O)Cn1ccc2cc(NCC(=O)OC(C)(C)C)ccc21. The monoisotopic (exact) mass is 332 g/mol. The van der Waals surface area contributed by atoms with Gasteiger partial charge in [0.2, 0.25) is 0 Å². The Balaban J connectivity index is 2.02. The molecule has 1 heterocycles. The summed E-state index contributed by atoms with van der Waals surface area (Å²) in [6.07, 6.45) is 1.85. The number of hydrogen-bond acceptors (Lipinski definition) is 5. The lowest BCUT2D eigenvalue weighted by molar-refractivity contribution is -0.152. The van der Waals surface area contributed by atoms with Crippen LogP contribution in [0.25, 0.3) is 10.9 Å². The summed E-state index contributed by atoms with van der Waals surface area (Å²) in [7, 11) is 0. The molecule has 0 atom stereocenters. The summed E-state index contributed by atoms with van der Waals surface area (Å²) < 4.78 is 12.1. The van der Waals surface area contributed by atoms with Crippen molar-refractivity contribution < 1.29 is 19.1 Å². The van der Waals surface area contributed by atoms with E-state index < -0.39 is 5.60 Å². The molecule has 2 aromatic rings. The Hall–Kier alpha value is -2.50. The van der Waals surface area contributed by atoms with Crippen LogP contribution in [0.3, 0.4) is 0 Å². The van der Waals surface area contributed by atoms with Gasteiger partial charge in [0.05, 0.1) is 6.61 Å². The molecule has 1 N–H and O–H groups in total. The molecule has 0 fully saturated rings. The Morgan fingerprint density at radius 1 is 1.17 bits per heavy atom. The molecule has 6 nitrogen and oxygen atoms in total. The minimum Gasteiger partial charge on any atom is -0.465 e.